The van der Waals surface area contributed by atoms with Crippen molar-refractivity contribution < 1.29 is 0 Å². The Labute approximate surface area is 135 Å². The lowest BCUT2D eigenvalue weighted by Gasteiger charge is -2.11. The first-order valence-electron chi connectivity index (χ1n) is 6.91. The van der Waals surface area contributed by atoms with Crippen LogP contribution in [0.1, 0.15) is 25.8 Å². The molecule has 0 unspecified atom stereocenters. The molecule has 0 N–H and O–H groups in total. The van der Waals surface area contributed by atoms with Gasteiger partial charge in [-0.2, -0.15) is 0 Å². The molecule has 0 amide bonds. The van der Waals surface area contributed by atoms with Crippen LogP contribution in [0.5, 0.6) is 0 Å². The highest BCUT2D eigenvalue weighted by Crippen LogP contribution is 2.30. The Balaban J connectivity index is 2.49. The highest BCUT2D eigenvalue weighted by atomic mass is 127. The summed E-state index contributed by atoms with van der Waals surface area (Å²) in [5.41, 5.74) is 5.17. The second kappa shape index (κ2) is 7.44. The van der Waals surface area contributed by atoms with E-state index < -0.39 is 0 Å². The van der Waals surface area contributed by atoms with E-state index in [4.69, 9.17) is 0 Å². The van der Waals surface area contributed by atoms with E-state index in [1.165, 1.54) is 25.8 Å². The smallest absolute Gasteiger partial charge is 0.0136 e. The molecular weight excluding hydrogens is 355 g/mol. The minimum absolute atomic E-state index is 1.07. The first-order valence-corrected chi connectivity index (χ1v) is 7.99. The molecular formula is C19H19I. The van der Waals surface area contributed by atoms with Crippen molar-refractivity contribution in [2.24, 2.45) is 0 Å². The summed E-state index contributed by atoms with van der Waals surface area (Å²) in [6.07, 6.45) is 7.58. The van der Waals surface area contributed by atoms with Crippen LogP contribution in [0, 0.1) is 3.57 Å². The standard InChI is InChI=1S/C19H19I/c1-3-4-6-9-15(2)18-13-12-17(20)14-19(18)16-10-7-5-8-11-16/h4-14H,3H2,1-2H3/b6-4-,15-9+. The van der Waals surface area contributed by atoms with Crippen molar-refractivity contribution in [2.45, 2.75) is 20.3 Å². The van der Waals surface area contributed by atoms with Gasteiger partial charge in [0, 0.05) is 3.57 Å². The third-order valence-electron chi connectivity index (χ3n) is 3.21. The molecule has 0 saturated heterocycles. The van der Waals surface area contributed by atoms with Gasteiger partial charge in [-0.15, -0.1) is 0 Å². The molecule has 102 valence electrons. The molecule has 0 fully saturated rings. The lowest BCUT2D eigenvalue weighted by molar-refractivity contribution is 1.22. The molecule has 0 radical (unpaired) electrons. The highest BCUT2D eigenvalue weighted by Gasteiger charge is 2.06. The van der Waals surface area contributed by atoms with Crippen molar-refractivity contribution in [2.75, 3.05) is 0 Å². The first kappa shape index (κ1) is 15.0. The Kier molecular flexibility index (Phi) is 5.60. The molecule has 2 aromatic carbocycles. The van der Waals surface area contributed by atoms with Gasteiger partial charge in [0.15, 0.2) is 0 Å². The van der Waals surface area contributed by atoms with Gasteiger partial charge in [0.2, 0.25) is 0 Å². The van der Waals surface area contributed by atoms with Gasteiger partial charge in [-0.3, -0.25) is 0 Å². The molecule has 2 rings (SSSR count). The maximum atomic E-state index is 2.37. The van der Waals surface area contributed by atoms with Gasteiger partial charge in [0.05, 0.1) is 0 Å². The fourth-order valence-corrected chi connectivity index (χ4v) is 2.65. The van der Waals surface area contributed by atoms with Crippen LogP contribution in [0.3, 0.4) is 0 Å². The van der Waals surface area contributed by atoms with E-state index >= 15 is 0 Å². The van der Waals surface area contributed by atoms with Crippen molar-refractivity contribution in [3.8, 4) is 11.1 Å². The van der Waals surface area contributed by atoms with Gasteiger partial charge < -0.3 is 0 Å². The van der Waals surface area contributed by atoms with Crippen LogP contribution < -0.4 is 0 Å². The van der Waals surface area contributed by atoms with Gasteiger partial charge in [0.1, 0.15) is 0 Å². The Morgan fingerprint density at radius 2 is 1.85 bits per heavy atom. The first-order chi connectivity index (χ1) is 9.72. The fourth-order valence-electron chi connectivity index (χ4n) is 2.16. The van der Waals surface area contributed by atoms with Gasteiger partial charge in [-0.05, 0) is 70.3 Å². The zero-order chi connectivity index (χ0) is 14.4. The van der Waals surface area contributed by atoms with E-state index in [0.717, 1.165) is 6.42 Å². The summed E-state index contributed by atoms with van der Waals surface area (Å²) in [6.45, 7) is 4.33. The zero-order valence-corrected chi connectivity index (χ0v) is 14.1. The minimum Gasteiger partial charge on any atom is -0.0848 e. The van der Waals surface area contributed by atoms with Crippen LogP contribution in [0.2, 0.25) is 0 Å². The second-order valence-corrected chi connectivity index (χ2v) is 5.99. The molecule has 0 nitrogen and oxygen atoms in total. The molecule has 0 saturated carbocycles. The SMILES string of the molecule is CC/C=C\C=C(/C)c1ccc(I)cc1-c1ccccc1. The van der Waals surface area contributed by atoms with Crippen LogP contribution >= 0.6 is 22.6 Å². The van der Waals surface area contributed by atoms with Crippen molar-refractivity contribution in [1.82, 2.24) is 0 Å². The van der Waals surface area contributed by atoms with Crippen LogP contribution in [-0.4, -0.2) is 0 Å². The largest absolute Gasteiger partial charge is 0.0848 e. The molecule has 0 spiro atoms. The number of hydrogen-bond donors (Lipinski definition) is 0. The molecule has 20 heavy (non-hydrogen) atoms. The number of rotatable bonds is 4. The van der Waals surface area contributed by atoms with Crippen LogP contribution in [0.15, 0.2) is 66.8 Å². The van der Waals surface area contributed by atoms with E-state index in [1.54, 1.807) is 0 Å². The lowest BCUT2D eigenvalue weighted by Crippen LogP contribution is -1.88. The quantitative estimate of drug-likeness (QED) is 0.434. The van der Waals surface area contributed by atoms with Gasteiger partial charge in [-0.1, -0.05) is 61.5 Å². The van der Waals surface area contributed by atoms with E-state index in [1.807, 2.05) is 0 Å². The van der Waals surface area contributed by atoms with E-state index in [0.29, 0.717) is 0 Å². The van der Waals surface area contributed by atoms with Crippen LogP contribution in [0.4, 0.5) is 0 Å². The average molecular weight is 374 g/mol. The van der Waals surface area contributed by atoms with Gasteiger partial charge >= 0.3 is 0 Å². The Hall–Kier alpha value is -1.35. The van der Waals surface area contributed by atoms with E-state index in [-0.39, 0.29) is 0 Å². The fraction of sp³-hybridized carbons (Fsp3) is 0.158. The van der Waals surface area contributed by atoms with Crippen molar-refractivity contribution in [3.63, 3.8) is 0 Å². The Morgan fingerprint density at radius 3 is 2.55 bits per heavy atom. The second-order valence-electron chi connectivity index (χ2n) is 4.74. The molecule has 0 aromatic heterocycles. The number of allylic oxidation sites excluding steroid dienone is 4. The predicted octanol–water partition coefficient (Wildman–Crippen LogP) is 6.33. The summed E-state index contributed by atoms with van der Waals surface area (Å²) in [7, 11) is 0. The van der Waals surface area contributed by atoms with Crippen molar-refractivity contribution >= 4 is 28.2 Å². The monoisotopic (exact) mass is 374 g/mol. The third kappa shape index (κ3) is 3.83. The predicted molar refractivity (Wildman–Crippen MR) is 97.7 cm³/mol. The Morgan fingerprint density at radius 1 is 1.10 bits per heavy atom. The van der Waals surface area contributed by atoms with Gasteiger partial charge in [-0.25, -0.2) is 0 Å². The van der Waals surface area contributed by atoms with E-state index in [9.17, 15) is 0 Å². The molecule has 1 heteroatoms. The number of halogens is 1. The van der Waals surface area contributed by atoms with E-state index in [2.05, 4.69) is 103 Å². The summed E-state index contributed by atoms with van der Waals surface area (Å²) < 4.78 is 1.27. The summed E-state index contributed by atoms with van der Waals surface area (Å²) in [6, 6.07) is 17.2. The van der Waals surface area contributed by atoms with Crippen molar-refractivity contribution in [3.05, 3.63) is 75.9 Å². The summed E-state index contributed by atoms with van der Waals surface area (Å²) in [5, 5.41) is 0. The Bertz CT molecular complexity index is 621. The third-order valence-corrected chi connectivity index (χ3v) is 3.88. The minimum atomic E-state index is 1.07. The zero-order valence-electron chi connectivity index (χ0n) is 11.9. The molecule has 0 aliphatic carbocycles. The molecule has 0 atom stereocenters. The molecule has 0 heterocycles. The average Bonchev–Trinajstić information content (AvgIpc) is 2.48. The molecule has 0 bridgehead atoms. The van der Waals surface area contributed by atoms with Gasteiger partial charge in [0.25, 0.3) is 0 Å². The number of hydrogen-bond acceptors (Lipinski definition) is 0. The maximum absolute atomic E-state index is 2.37. The number of benzene rings is 2. The normalized spacial score (nSPS) is 12.1. The maximum Gasteiger partial charge on any atom is 0.0136 e. The summed E-state index contributed by atoms with van der Waals surface area (Å²) >= 11 is 2.37. The topological polar surface area (TPSA) is 0 Å². The summed E-state index contributed by atoms with van der Waals surface area (Å²) in [4.78, 5) is 0. The van der Waals surface area contributed by atoms with Crippen LogP contribution in [-0.2, 0) is 0 Å². The lowest BCUT2D eigenvalue weighted by atomic mass is 9.95. The summed E-state index contributed by atoms with van der Waals surface area (Å²) in [5.74, 6) is 0. The molecule has 0 aliphatic heterocycles. The van der Waals surface area contributed by atoms with Crippen LogP contribution in [0.25, 0.3) is 16.7 Å². The van der Waals surface area contributed by atoms with Crippen molar-refractivity contribution in [1.29, 1.82) is 0 Å². The molecule has 0 aliphatic rings. The highest BCUT2D eigenvalue weighted by molar-refractivity contribution is 14.1. The molecule has 2 aromatic rings.